The van der Waals surface area contributed by atoms with E-state index in [1.54, 1.807) is 30.3 Å². The fourth-order valence-electron chi connectivity index (χ4n) is 1.03. The molecule has 0 heterocycles. The molecule has 1 rings (SSSR count). The van der Waals surface area contributed by atoms with E-state index < -0.39 is 5.91 Å². The van der Waals surface area contributed by atoms with Crippen LogP contribution in [0, 0.1) is 4.91 Å². The lowest BCUT2D eigenvalue weighted by Gasteiger charge is -1.96. The molecule has 0 aliphatic heterocycles. The van der Waals surface area contributed by atoms with Crippen LogP contribution in [0.3, 0.4) is 0 Å². The van der Waals surface area contributed by atoms with E-state index in [2.05, 4.69) is 5.18 Å². The summed E-state index contributed by atoms with van der Waals surface area (Å²) in [6.45, 7) is 0. The molecule has 0 saturated carbocycles. The first-order valence-electron chi connectivity index (χ1n) is 4.18. The summed E-state index contributed by atoms with van der Waals surface area (Å²) in [7, 11) is 0. The highest BCUT2D eigenvalue weighted by molar-refractivity contribution is 5.97. The highest BCUT2D eigenvalue weighted by Crippen LogP contribution is 2.05. The third-order valence-electron chi connectivity index (χ3n) is 1.76. The first-order valence-corrected chi connectivity index (χ1v) is 4.18. The maximum Gasteiger partial charge on any atom is 0.286 e. The van der Waals surface area contributed by atoms with Crippen LogP contribution in [0.5, 0.6) is 0 Å². The Balaban J connectivity index is 2.52. The Hall–Kier alpha value is -1.84. The number of amides is 1. The number of carbonyl (C=O) groups is 2. The van der Waals surface area contributed by atoms with E-state index in [9.17, 15) is 14.5 Å². The molecule has 1 aromatic rings. The normalized spacial score (nSPS) is 9.43. The van der Waals surface area contributed by atoms with Crippen LogP contribution in [0.4, 0.5) is 0 Å². The maximum absolute atomic E-state index is 11.4. The van der Waals surface area contributed by atoms with Crippen molar-refractivity contribution < 1.29 is 9.59 Å². The number of hydrogen-bond donors (Lipinski definition) is 0. The van der Waals surface area contributed by atoms with Gasteiger partial charge in [-0.15, -0.1) is 4.91 Å². The van der Waals surface area contributed by atoms with Gasteiger partial charge in [0.15, 0.2) is 5.78 Å². The molecule has 14 heavy (non-hydrogen) atoms. The van der Waals surface area contributed by atoms with Gasteiger partial charge in [-0.1, -0.05) is 30.3 Å². The van der Waals surface area contributed by atoms with Gasteiger partial charge in [-0.05, 0) is 0 Å². The first-order chi connectivity index (χ1) is 6.74. The Bertz CT molecular complexity index is 346. The van der Waals surface area contributed by atoms with E-state index in [1.165, 1.54) is 0 Å². The molecular weight excluding hydrogens is 182 g/mol. The van der Waals surface area contributed by atoms with Gasteiger partial charge in [0.05, 0.1) is 0 Å². The highest BCUT2D eigenvalue weighted by Gasteiger charge is 2.08. The van der Waals surface area contributed by atoms with Gasteiger partial charge in [0.1, 0.15) is 0 Å². The SMILES string of the molecule is O=NC(=O)CCC(=O)c1ccccc1. The Kier molecular flexibility index (Phi) is 3.67. The zero-order valence-electron chi connectivity index (χ0n) is 7.47. The number of hydrogen-bond acceptors (Lipinski definition) is 3. The average molecular weight is 191 g/mol. The summed E-state index contributed by atoms with van der Waals surface area (Å²) in [4.78, 5) is 31.6. The van der Waals surface area contributed by atoms with Crippen LogP contribution in [-0.2, 0) is 4.79 Å². The molecule has 72 valence electrons. The lowest BCUT2D eigenvalue weighted by atomic mass is 10.1. The minimum absolute atomic E-state index is 0.0363. The Morgan fingerprint density at radius 3 is 2.29 bits per heavy atom. The van der Waals surface area contributed by atoms with Crippen LogP contribution in [0.2, 0.25) is 0 Å². The predicted molar refractivity (Wildman–Crippen MR) is 50.8 cm³/mol. The molecule has 1 amide bonds. The molecule has 0 bridgehead atoms. The second-order valence-electron chi connectivity index (χ2n) is 2.77. The molecule has 4 nitrogen and oxygen atoms in total. The van der Waals surface area contributed by atoms with Gasteiger partial charge in [0, 0.05) is 23.6 Å². The van der Waals surface area contributed by atoms with E-state index in [0.717, 1.165) is 0 Å². The zero-order chi connectivity index (χ0) is 10.4. The first kappa shape index (κ1) is 10.2. The molecule has 0 aliphatic carbocycles. The summed E-state index contributed by atoms with van der Waals surface area (Å²) < 4.78 is 0. The summed E-state index contributed by atoms with van der Waals surface area (Å²) in [6.07, 6.45) is -0.0776. The second kappa shape index (κ2) is 5.01. The lowest BCUT2D eigenvalue weighted by Crippen LogP contribution is -2.02. The summed E-state index contributed by atoms with van der Waals surface area (Å²) >= 11 is 0. The minimum atomic E-state index is -0.783. The molecule has 0 spiro atoms. The van der Waals surface area contributed by atoms with Gasteiger partial charge in [-0.25, -0.2) is 0 Å². The van der Waals surface area contributed by atoms with Crippen molar-refractivity contribution in [3.63, 3.8) is 0 Å². The van der Waals surface area contributed by atoms with Crippen molar-refractivity contribution in [3.8, 4) is 0 Å². The predicted octanol–water partition coefficient (Wildman–Crippen LogP) is 1.94. The van der Waals surface area contributed by atoms with E-state index in [1.807, 2.05) is 0 Å². The van der Waals surface area contributed by atoms with E-state index in [4.69, 9.17) is 0 Å². The largest absolute Gasteiger partial charge is 0.294 e. The van der Waals surface area contributed by atoms with E-state index in [0.29, 0.717) is 5.56 Å². The summed E-state index contributed by atoms with van der Waals surface area (Å²) in [5.74, 6) is -0.933. The third kappa shape index (κ3) is 2.90. The molecule has 1 aromatic carbocycles. The van der Waals surface area contributed by atoms with Crippen LogP contribution in [0.25, 0.3) is 0 Å². The molecule has 0 aromatic heterocycles. The highest BCUT2D eigenvalue weighted by atomic mass is 16.3. The number of carbonyl (C=O) groups excluding carboxylic acids is 2. The molecule has 0 atom stereocenters. The van der Waals surface area contributed by atoms with Crippen molar-refractivity contribution in [2.75, 3.05) is 0 Å². The second-order valence-corrected chi connectivity index (χ2v) is 2.77. The van der Waals surface area contributed by atoms with Gasteiger partial charge in [-0.2, -0.15) is 0 Å². The van der Waals surface area contributed by atoms with Gasteiger partial charge >= 0.3 is 0 Å². The number of ketones is 1. The molecule has 0 radical (unpaired) electrons. The summed E-state index contributed by atoms with van der Waals surface area (Å²) in [5.41, 5.74) is 0.547. The molecule has 0 aliphatic rings. The Morgan fingerprint density at radius 2 is 1.71 bits per heavy atom. The smallest absolute Gasteiger partial charge is 0.286 e. The molecule has 0 fully saturated rings. The monoisotopic (exact) mass is 191 g/mol. The maximum atomic E-state index is 11.4. The van der Waals surface area contributed by atoms with Gasteiger partial charge < -0.3 is 0 Å². The average Bonchev–Trinajstić information content (AvgIpc) is 2.26. The Labute approximate surface area is 80.9 Å². The topological polar surface area (TPSA) is 63.6 Å². The van der Waals surface area contributed by atoms with E-state index in [-0.39, 0.29) is 18.6 Å². The fourth-order valence-corrected chi connectivity index (χ4v) is 1.03. The number of nitrogens with zero attached hydrogens (tertiary/aromatic N) is 1. The Morgan fingerprint density at radius 1 is 1.07 bits per heavy atom. The van der Waals surface area contributed by atoms with Crippen molar-refractivity contribution in [1.82, 2.24) is 0 Å². The quantitative estimate of drug-likeness (QED) is 0.539. The van der Waals surface area contributed by atoms with Crippen molar-refractivity contribution in [2.45, 2.75) is 12.8 Å². The number of rotatable bonds is 4. The van der Waals surface area contributed by atoms with Gasteiger partial charge in [0.2, 0.25) is 0 Å². The lowest BCUT2D eigenvalue weighted by molar-refractivity contribution is -0.117. The van der Waals surface area contributed by atoms with Crippen molar-refractivity contribution in [1.29, 1.82) is 0 Å². The third-order valence-corrected chi connectivity index (χ3v) is 1.76. The number of Topliss-reactive ketones (excluding diaryl/α,β-unsaturated/α-hetero) is 1. The summed E-state index contributed by atoms with van der Waals surface area (Å²) in [5, 5.41) is 2.21. The minimum Gasteiger partial charge on any atom is -0.294 e. The number of nitroso groups, excluding NO2 is 1. The van der Waals surface area contributed by atoms with Crippen molar-refractivity contribution in [3.05, 3.63) is 40.8 Å². The molecule has 4 heteroatoms. The summed E-state index contributed by atoms with van der Waals surface area (Å²) in [6, 6.07) is 8.62. The van der Waals surface area contributed by atoms with Crippen molar-refractivity contribution in [2.24, 2.45) is 5.18 Å². The van der Waals surface area contributed by atoms with Gasteiger partial charge in [0.25, 0.3) is 5.91 Å². The molecular formula is C10H9NO3. The van der Waals surface area contributed by atoms with Crippen LogP contribution < -0.4 is 0 Å². The van der Waals surface area contributed by atoms with E-state index >= 15 is 0 Å². The van der Waals surface area contributed by atoms with Crippen LogP contribution in [-0.4, -0.2) is 11.7 Å². The van der Waals surface area contributed by atoms with Crippen LogP contribution in [0.1, 0.15) is 23.2 Å². The fraction of sp³-hybridized carbons (Fsp3) is 0.200. The van der Waals surface area contributed by atoms with Gasteiger partial charge in [-0.3, -0.25) is 9.59 Å². The standard InChI is InChI=1S/C10H9NO3/c12-9(6-7-10(13)11-14)8-4-2-1-3-5-8/h1-5H,6-7H2. The molecule has 0 unspecified atom stereocenters. The van der Waals surface area contributed by atoms with Crippen LogP contribution in [0.15, 0.2) is 35.5 Å². The van der Waals surface area contributed by atoms with Crippen molar-refractivity contribution >= 4 is 11.7 Å². The zero-order valence-corrected chi connectivity index (χ0v) is 7.47. The van der Waals surface area contributed by atoms with Crippen LogP contribution >= 0.6 is 0 Å². The molecule has 0 saturated heterocycles. The molecule has 0 N–H and O–H groups in total. The number of benzene rings is 1.